The molecular formula is C18H18O5. The minimum Gasteiger partial charge on any atom is -0.508 e. The summed E-state index contributed by atoms with van der Waals surface area (Å²) in [5, 5.41) is 9.19. The molecule has 5 heteroatoms. The Hall–Kier alpha value is -2.95. The summed E-state index contributed by atoms with van der Waals surface area (Å²) in [6, 6.07) is 11.8. The molecule has 0 saturated carbocycles. The van der Waals surface area contributed by atoms with Gasteiger partial charge in [-0.05, 0) is 41.5 Å². The number of carbonyl (C=O) groups excluding carboxylic acids is 1. The summed E-state index contributed by atoms with van der Waals surface area (Å²) < 4.78 is 15.5. The number of ether oxygens (including phenoxy) is 3. The first-order valence-corrected chi connectivity index (χ1v) is 6.97. The smallest absolute Gasteiger partial charge is 0.331 e. The van der Waals surface area contributed by atoms with Gasteiger partial charge in [-0.15, -0.1) is 0 Å². The molecule has 0 aromatic heterocycles. The van der Waals surface area contributed by atoms with Crippen LogP contribution in [0.4, 0.5) is 0 Å². The fourth-order valence-corrected chi connectivity index (χ4v) is 1.92. The van der Waals surface area contributed by atoms with Gasteiger partial charge in [0.1, 0.15) is 12.4 Å². The highest BCUT2D eigenvalue weighted by Gasteiger charge is 2.06. The summed E-state index contributed by atoms with van der Waals surface area (Å²) in [5.74, 6) is 0.932. The van der Waals surface area contributed by atoms with Crippen molar-refractivity contribution in [3.8, 4) is 17.2 Å². The summed E-state index contributed by atoms with van der Waals surface area (Å²) in [5.41, 5.74) is 1.60. The second kappa shape index (κ2) is 7.89. The summed E-state index contributed by atoms with van der Waals surface area (Å²) >= 11 is 0. The Bertz CT molecular complexity index is 689. The highest BCUT2D eigenvalue weighted by molar-refractivity contribution is 5.87. The quantitative estimate of drug-likeness (QED) is 0.655. The van der Waals surface area contributed by atoms with E-state index in [9.17, 15) is 9.90 Å². The van der Waals surface area contributed by atoms with E-state index in [0.29, 0.717) is 11.5 Å². The van der Waals surface area contributed by atoms with E-state index in [0.717, 1.165) is 11.1 Å². The Morgan fingerprint density at radius 1 is 1.04 bits per heavy atom. The number of phenols is 1. The van der Waals surface area contributed by atoms with Gasteiger partial charge in [0.15, 0.2) is 11.5 Å². The number of carbonyl (C=O) groups is 1. The predicted octanol–water partition coefficient (Wildman–Crippen LogP) is 3.17. The maximum Gasteiger partial charge on any atom is 0.331 e. The van der Waals surface area contributed by atoms with Crippen molar-refractivity contribution in [2.75, 3.05) is 14.2 Å². The fraction of sp³-hybridized carbons (Fsp3) is 0.167. The molecule has 1 N–H and O–H groups in total. The Morgan fingerprint density at radius 2 is 1.74 bits per heavy atom. The molecule has 0 fully saturated rings. The number of hydrogen-bond donors (Lipinski definition) is 1. The summed E-state index contributed by atoms with van der Waals surface area (Å²) in [6.45, 7) is 0.138. The van der Waals surface area contributed by atoms with Crippen molar-refractivity contribution >= 4 is 12.0 Å². The minimum atomic E-state index is -0.451. The SMILES string of the molecule is COc1ccc(COC(=O)/C=C/c2ccc(O)cc2)cc1OC. The molecule has 0 aliphatic heterocycles. The van der Waals surface area contributed by atoms with Crippen molar-refractivity contribution in [2.24, 2.45) is 0 Å². The first-order valence-electron chi connectivity index (χ1n) is 6.97. The van der Waals surface area contributed by atoms with Crippen LogP contribution < -0.4 is 9.47 Å². The van der Waals surface area contributed by atoms with Gasteiger partial charge in [0.2, 0.25) is 0 Å². The molecule has 5 nitrogen and oxygen atoms in total. The predicted molar refractivity (Wildman–Crippen MR) is 86.5 cm³/mol. The molecular weight excluding hydrogens is 296 g/mol. The van der Waals surface area contributed by atoms with Gasteiger partial charge in [-0.3, -0.25) is 0 Å². The zero-order valence-corrected chi connectivity index (χ0v) is 13.0. The Balaban J connectivity index is 1.92. The lowest BCUT2D eigenvalue weighted by Gasteiger charge is -2.09. The number of rotatable bonds is 6. The molecule has 0 saturated heterocycles. The van der Waals surface area contributed by atoms with Gasteiger partial charge in [0.05, 0.1) is 14.2 Å². The van der Waals surface area contributed by atoms with Crippen molar-refractivity contribution < 1.29 is 24.1 Å². The Morgan fingerprint density at radius 3 is 2.39 bits per heavy atom. The van der Waals surface area contributed by atoms with E-state index in [4.69, 9.17) is 14.2 Å². The monoisotopic (exact) mass is 314 g/mol. The molecule has 0 bridgehead atoms. The van der Waals surface area contributed by atoms with Crippen molar-refractivity contribution in [1.29, 1.82) is 0 Å². The number of aromatic hydroxyl groups is 1. The van der Waals surface area contributed by atoms with Crippen LogP contribution in [-0.4, -0.2) is 25.3 Å². The van der Waals surface area contributed by atoms with Crippen LogP contribution in [0.3, 0.4) is 0 Å². The number of benzene rings is 2. The van der Waals surface area contributed by atoms with Crippen molar-refractivity contribution in [3.05, 3.63) is 59.7 Å². The number of esters is 1. The summed E-state index contributed by atoms with van der Waals surface area (Å²) in [6.07, 6.45) is 2.96. The van der Waals surface area contributed by atoms with Crippen molar-refractivity contribution in [1.82, 2.24) is 0 Å². The van der Waals surface area contributed by atoms with Gasteiger partial charge in [-0.2, -0.15) is 0 Å². The molecule has 0 heterocycles. The summed E-state index contributed by atoms with van der Waals surface area (Å²) in [4.78, 5) is 11.7. The van der Waals surface area contributed by atoms with E-state index >= 15 is 0 Å². The lowest BCUT2D eigenvalue weighted by molar-refractivity contribution is -0.138. The molecule has 0 unspecified atom stereocenters. The Labute approximate surface area is 134 Å². The second-order valence-electron chi connectivity index (χ2n) is 4.72. The molecule has 0 aliphatic rings. The van der Waals surface area contributed by atoms with E-state index in [1.807, 2.05) is 0 Å². The van der Waals surface area contributed by atoms with Crippen molar-refractivity contribution in [3.63, 3.8) is 0 Å². The average Bonchev–Trinajstić information content (AvgIpc) is 2.59. The van der Waals surface area contributed by atoms with E-state index in [1.165, 1.54) is 6.08 Å². The fourth-order valence-electron chi connectivity index (χ4n) is 1.92. The molecule has 0 aliphatic carbocycles. The third kappa shape index (κ3) is 4.78. The lowest BCUT2D eigenvalue weighted by atomic mass is 10.2. The maximum atomic E-state index is 11.7. The molecule has 120 valence electrons. The van der Waals surface area contributed by atoms with Crippen LogP contribution in [0.5, 0.6) is 17.2 Å². The van der Waals surface area contributed by atoms with Crippen LogP contribution in [0.1, 0.15) is 11.1 Å². The van der Waals surface area contributed by atoms with Crippen LogP contribution in [0.15, 0.2) is 48.5 Å². The molecule has 0 amide bonds. The molecule has 2 rings (SSSR count). The highest BCUT2D eigenvalue weighted by atomic mass is 16.5. The molecule has 0 atom stereocenters. The molecule has 2 aromatic rings. The third-order valence-corrected chi connectivity index (χ3v) is 3.13. The topological polar surface area (TPSA) is 65.0 Å². The lowest BCUT2D eigenvalue weighted by Crippen LogP contribution is -2.01. The van der Waals surface area contributed by atoms with Gasteiger partial charge in [-0.1, -0.05) is 18.2 Å². The largest absolute Gasteiger partial charge is 0.508 e. The van der Waals surface area contributed by atoms with Crippen LogP contribution in [0, 0.1) is 0 Å². The zero-order valence-electron chi connectivity index (χ0n) is 13.0. The van der Waals surface area contributed by atoms with E-state index in [-0.39, 0.29) is 12.4 Å². The van der Waals surface area contributed by atoms with E-state index < -0.39 is 5.97 Å². The average molecular weight is 314 g/mol. The van der Waals surface area contributed by atoms with E-state index in [1.54, 1.807) is 62.8 Å². The van der Waals surface area contributed by atoms with Crippen molar-refractivity contribution in [2.45, 2.75) is 6.61 Å². The second-order valence-corrected chi connectivity index (χ2v) is 4.72. The van der Waals surface area contributed by atoms with Crippen LogP contribution in [0.25, 0.3) is 6.08 Å². The molecule has 0 spiro atoms. The number of hydrogen-bond acceptors (Lipinski definition) is 5. The maximum absolute atomic E-state index is 11.7. The van der Waals surface area contributed by atoms with Gasteiger partial charge < -0.3 is 19.3 Å². The minimum absolute atomic E-state index is 0.138. The first-order chi connectivity index (χ1) is 11.1. The number of methoxy groups -OCH3 is 2. The zero-order chi connectivity index (χ0) is 16.7. The van der Waals surface area contributed by atoms with Crippen LogP contribution >= 0.6 is 0 Å². The first kappa shape index (κ1) is 16.4. The van der Waals surface area contributed by atoms with Gasteiger partial charge >= 0.3 is 5.97 Å². The van der Waals surface area contributed by atoms with Crippen LogP contribution in [-0.2, 0) is 16.1 Å². The molecule has 2 aromatic carbocycles. The summed E-state index contributed by atoms with van der Waals surface area (Å²) in [7, 11) is 3.11. The highest BCUT2D eigenvalue weighted by Crippen LogP contribution is 2.27. The third-order valence-electron chi connectivity index (χ3n) is 3.13. The standard InChI is InChI=1S/C18H18O5/c1-21-16-9-5-14(11-17(16)22-2)12-23-18(20)10-6-13-3-7-15(19)8-4-13/h3-11,19H,12H2,1-2H3/b10-6+. The molecule has 0 radical (unpaired) electrons. The Kier molecular flexibility index (Phi) is 5.63. The number of phenolic OH excluding ortho intramolecular Hbond substituents is 1. The van der Waals surface area contributed by atoms with Gasteiger partial charge in [0.25, 0.3) is 0 Å². The molecule has 23 heavy (non-hydrogen) atoms. The van der Waals surface area contributed by atoms with E-state index in [2.05, 4.69) is 0 Å². The van der Waals surface area contributed by atoms with Gasteiger partial charge in [0, 0.05) is 6.08 Å². The van der Waals surface area contributed by atoms with Crippen LogP contribution in [0.2, 0.25) is 0 Å². The van der Waals surface area contributed by atoms with Gasteiger partial charge in [-0.25, -0.2) is 4.79 Å². The normalized spacial score (nSPS) is 10.5.